The van der Waals surface area contributed by atoms with Gasteiger partial charge in [-0.05, 0) is 50.0 Å². The number of hydrogen-bond acceptors (Lipinski definition) is 3. The molecule has 0 spiro atoms. The summed E-state index contributed by atoms with van der Waals surface area (Å²) in [4.78, 5) is 11.3. The molecule has 0 aromatic heterocycles. The second kappa shape index (κ2) is 6.20. The molecule has 5 heteroatoms. The van der Waals surface area contributed by atoms with Crippen molar-refractivity contribution >= 4 is 27.5 Å². The lowest BCUT2D eigenvalue weighted by molar-refractivity contribution is 0.100. The van der Waals surface area contributed by atoms with Crippen LogP contribution in [0.5, 0.6) is 0 Å². The highest BCUT2D eigenvalue weighted by Crippen LogP contribution is 2.22. The molecule has 1 aliphatic heterocycles. The van der Waals surface area contributed by atoms with E-state index in [4.69, 9.17) is 5.73 Å². The number of nitrogens with one attached hydrogen (secondary N) is 2. The minimum Gasteiger partial charge on any atom is -0.384 e. The van der Waals surface area contributed by atoms with Gasteiger partial charge in [-0.1, -0.05) is 15.9 Å². The van der Waals surface area contributed by atoms with Gasteiger partial charge in [-0.2, -0.15) is 0 Å². The predicted molar refractivity (Wildman–Crippen MR) is 76.7 cm³/mol. The van der Waals surface area contributed by atoms with E-state index in [0.29, 0.717) is 11.5 Å². The number of piperidine rings is 1. The standard InChI is InChI=1S/C13H18BrN3O/c14-10-1-2-11(13(15)18)12(7-10)17-8-9-3-5-16-6-4-9/h1-2,7,9,16-17H,3-6,8H2,(H2,15,18). The number of anilines is 1. The summed E-state index contributed by atoms with van der Waals surface area (Å²) in [6, 6.07) is 5.48. The zero-order chi connectivity index (χ0) is 13.0. The molecule has 0 radical (unpaired) electrons. The van der Waals surface area contributed by atoms with Crippen LogP contribution in [-0.4, -0.2) is 25.5 Å². The van der Waals surface area contributed by atoms with E-state index in [1.807, 2.05) is 12.1 Å². The summed E-state index contributed by atoms with van der Waals surface area (Å²) in [5.74, 6) is 0.265. The fourth-order valence-electron chi connectivity index (χ4n) is 2.22. The quantitative estimate of drug-likeness (QED) is 0.796. The van der Waals surface area contributed by atoms with E-state index in [1.165, 1.54) is 12.8 Å². The predicted octanol–water partition coefficient (Wildman–Crippen LogP) is 1.96. The van der Waals surface area contributed by atoms with Gasteiger partial charge in [-0.15, -0.1) is 0 Å². The molecule has 98 valence electrons. The first-order valence-corrected chi connectivity index (χ1v) is 7.00. The Balaban J connectivity index is 2.03. The number of carbonyl (C=O) groups excluding carboxylic acids is 1. The van der Waals surface area contributed by atoms with Gasteiger partial charge >= 0.3 is 0 Å². The van der Waals surface area contributed by atoms with Crippen LogP contribution in [0.4, 0.5) is 5.69 Å². The van der Waals surface area contributed by atoms with Crippen molar-refractivity contribution in [2.75, 3.05) is 25.0 Å². The molecule has 0 unspecified atom stereocenters. The fourth-order valence-corrected chi connectivity index (χ4v) is 2.58. The van der Waals surface area contributed by atoms with Crippen molar-refractivity contribution in [2.45, 2.75) is 12.8 Å². The van der Waals surface area contributed by atoms with Crippen molar-refractivity contribution in [2.24, 2.45) is 11.7 Å². The topological polar surface area (TPSA) is 67.2 Å². The third-order valence-corrected chi connectivity index (χ3v) is 3.78. The van der Waals surface area contributed by atoms with E-state index in [9.17, 15) is 4.79 Å². The zero-order valence-corrected chi connectivity index (χ0v) is 11.8. The third kappa shape index (κ3) is 3.46. The van der Waals surface area contributed by atoms with Crippen molar-refractivity contribution in [3.63, 3.8) is 0 Å². The highest BCUT2D eigenvalue weighted by atomic mass is 79.9. The molecule has 2 rings (SSSR count). The van der Waals surface area contributed by atoms with Crippen LogP contribution in [0.2, 0.25) is 0 Å². The van der Waals surface area contributed by atoms with Gasteiger partial charge in [0.2, 0.25) is 0 Å². The van der Waals surface area contributed by atoms with Crippen LogP contribution < -0.4 is 16.4 Å². The van der Waals surface area contributed by atoms with E-state index in [1.54, 1.807) is 6.07 Å². The summed E-state index contributed by atoms with van der Waals surface area (Å²) < 4.78 is 0.945. The second-order valence-electron chi connectivity index (χ2n) is 4.63. The summed E-state index contributed by atoms with van der Waals surface area (Å²) in [6.45, 7) is 3.04. The number of rotatable bonds is 4. The van der Waals surface area contributed by atoms with Crippen molar-refractivity contribution in [3.05, 3.63) is 28.2 Å². The Hall–Kier alpha value is -1.07. The lowest BCUT2D eigenvalue weighted by Crippen LogP contribution is -2.31. The molecule has 0 saturated carbocycles. The molecule has 0 aliphatic carbocycles. The van der Waals surface area contributed by atoms with Crippen molar-refractivity contribution in [1.82, 2.24) is 5.32 Å². The van der Waals surface area contributed by atoms with E-state index in [2.05, 4.69) is 26.6 Å². The first-order chi connectivity index (χ1) is 8.66. The molecular formula is C13H18BrN3O. The van der Waals surface area contributed by atoms with Crippen molar-refractivity contribution in [3.8, 4) is 0 Å². The normalized spacial score (nSPS) is 16.5. The Morgan fingerprint density at radius 2 is 2.17 bits per heavy atom. The summed E-state index contributed by atoms with van der Waals surface area (Å²) in [5.41, 5.74) is 6.73. The van der Waals surface area contributed by atoms with E-state index < -0.39 is 5.91 Å². The number of carbonyl (C=O) groups is 1. The highest BCUT2D eigenvalue weighted by Gasteiger charge is 2.14. The van der Waals surface area contributed by atoms with E-state index >= 15 is 0 Å². The average molecular weight is 312 g/mol. The molecule has 0 bridgehead atoms. The van der Waals surface area contributed by atoms with Gasteiger partial charge < -0.3 is 16.4 Å². The summed E-state index contributed by atoms with van der Waals surface area (Å²) in [6.07, 6.45) is 2.35. The molecule has 4 nitrogen and oxygen atoms in total. The van der Waals surface area contributed by atoms with Gasteiger partial charge in [0.25, 0.3) is 5.91 Å². The van der Waals surface area contributed by atoms with Gasteiger partial charge in [0.15, 0.2) is 0 Å². The van der Waals surface area contributed by atoms with Gasteiger partial charge in [0.05, 0.1) is 5.56 Å². The number of primary amides is 1. The zero-order valence-electron chi connectivity index (χ0n) is 10.2. The Labute approximate surface area is 115 Å². The number of halogens is 1. The smallest absolute Gasteiger partial charge is 0.250 e. The SMILES string of the molecule is NC(=O)c1ccc(Br)cc1NCC1CCNCC1. The summed E-state index contributed by atoms with van der Waals surface area (Å²) in [7, 11) is 0. The van der Waals surface area contributed by atoms with E-state index in [-0.39, 0.29) is 0 Å². The maximum Gasteiger partial charge on any atom is 0.250 e. The van der Waals surface area contributed by atoms with E-state index in [0.717, 1.165) is 29.8 Å². The van der Waals surface area contributed by atoms with Crippen molar-refractivity contribution < 1.29 is 4.79 Å². The van der Waals surface area contributed by atoms with Crippen LogP contribution in [0.1, 0.15) is 23.2 Å². The van der Waals surface area contributed by atoms with Crippen LogP contribution in [0.3, 0.4) is 0 Å². The summed E-state index contributed by atoms with van der Waals surface area (Å²) >= 11 is 3.41. The molecular weight excluding hydrogens is 294 g/mol. The van der Waals surface area contributed by atoms with Crippen LogP contribution in [0.25, 0.3) is 0 Å². The second-order valence-corrected chi connectivity index (χ2v) is 5.54. The van der Waals surface area contributed by atoms with Gasteiger partial charge in [-0.3, -0.25) is 4.79 Å². The average Bonchev–Trinajstić information content (AvgIpc) is 2.37. The highest BCUT2D eigenvalue weighted by molar-refractivity contribution is 9.10. The monoisotopic (exact) mass is 311 g/mol. The number of nitrogens with two attached hydrogens (primary N) is 1. The first kappa shape index (κ1) is 13.4. The van der Waals surface area contributed by atoms with Crippen LogP contribution in [0, 0.1) is 5.92 Å². The third-order valence-electron chi connectivity index (χ3n) is 3.29. The van der Waals surface area contributed by atoms with Gasteiger partial charge in [0.1, 0.15) is 0 Å². The van der Waals surface area contributed by atoms with Crippen LogP contribution in [-0.2, 0) is 0 Å². The molecule has 1 heterocycles. The molecule has 1 aromatic carbocycles. The molecule has 1 aromatic rings. The maximum absolute atomic E-state index is 11.3. The number of hydrogen-bond donors (Lipinski definition) is 3. The molecule has 4 N–H and O–H groups in total. The van der Waals surface area contributed by atoms with Crippen LogP contribution >= 0.6 is 15.9 Å². The van der Waals surface area contributed by atoms with Gasteiger partial charge in [0, 0.05) is 16.7 Å². The molecule has 18 heavy (non-hydrogen) atoms. The molecule has 1 saturated heterocycles. The molecule has 1 amide bonds. The Morgan fingerprint density at radius 1 is 1.44 bits per heavy atom. The Bertz CT molecular complexity index is 430. The minimum atomic E-state index is -0.393. The van der Waals surface area contributed by atoms with Gasteiger partial charge in [-0.25, -0.2) is 0 Å². The van der Waals surface area contributed by atoms with Crippen molar-refractivity contribution in [1.29, 1.82) is 0 Å². The lowest BCUT2D eigenvalue weighted by atomic mass is 9.98. The molecule has 1 aliphatic rings. The Kier molecular flexibility index (Phi) is 4.60. The van der Waals surface area contributed by atoms with Crippen LogP contribution in [0.15, 0.2) is 22.7 Å². The summed E-state index contributed by atoms with van der Waals surface area (Å²) in [5, 5.41) is 6.69. The maximum atomic E-state index is 11.3. The molecule has 0 atom stereocenters. The fraction of sp³-hybridized carbons (Fsp3) is 0.462. The molecule has 1 fully saturated rings. The first-order valence-electron chi connectivity index (χ1n) is 6.21. The largest absolute Gasteiger partial charge is 0.384 e. The number of amides is 1. The lowest BCUT2D eigenvalue weighted by Gasteiger charge is -2.23. The number of benzene rings is 1. The Morgan fingerprint density at radius 3 is 2.83 bits per heavy atom. The minimum absolute atomic E-state index is 0.393.